The highest BCUT2D eigenvalue weighted by Crippen LogP contribution is 2.43. The summed E-state index contributed by atoms with van der Waals surface area (Å²) in [6, 6.07) is 1.48. The lowest BCUT2D eigenvalue weighted by atomic mass is 10.0. The molecule has 0 aliphatic heterocycles. The van der Waals surface area contributed by atoms with Gasteiger partial charge in [-0.3, -0.25) is 4.99 Å². The van der Waals surface area contributed by atoms with Crippen molar-refractivity contribution in [3.8, 4) is 16.3 Å². The van der Waals surface area contributed by atoms with E-state index in [-0.39, 0.29) is 11.3 Å². The van der Waals surface area contributed by atoms with Crippen LogP contribution in [0.4, 0.5) is 18.9 Å². The van der Waals surface area contributed by atoms with E-state index in [1.807, 2.05) is 6.92 Å². The molecule has 1 N–H and O–H groups in total. The first-order valence-corrected chi connectivity index (χ1v) is 8.61. The lowest BCUT2D eigenvalue weighted by Gasteiger charge is -2.18. The number of benzene rings is 1. The third-order valence-electron chi connectivity index (χ3n) is 3.55. The molecule has 0 bridgehead atoms. The molecule has 1 aromatic heterocycles. The second-order valence-corrected chi connectivity index (χ2v) is 6.42. The van der Waals surface area contributed by atoms with Crippen molar-refractivity contribution in [2.45, 2.75) is 46.6 Å². The molecule has 4 nitrogen and oxygen atoms in total. The van der Waals surface area contributed by atoms with Crippen LogP contribution in [0.2, 0.25) is 0 Å². The molecule has 136 valence electrons. The van der Waals surface area contributed by atoms with Gasteiger partial charge < -0.3 is 9.84 Å². The van der Waals surface area contributed by atoms with Gasteiger partial charge in [0, 0.05) is 28.4 Å². The zero-order chi connectivity index (χ0) is 18.6. The molecule has 0 radical (unpaired) electrons. The Balaban J connectivity index is 2.72. The largest absolute Gasteiger partial charge is 0.573 e. The van der Waals surface area contributed by atoms with Crippen molar-refractivity contribution in [1.29, 1.82) is 0 Å². The standard InChI is InChI=1S/C17H19F3N2O2S/c1-4-5-10(2)22-14-11(3)13(16-21-6-7-25-16)8-12(9-23)15(14)24-17(18,19)20/h6-8,23H,4-5,9H2,1-3H3/b22-10-. The number of nitrogens with zero attached hydrogens (tertiary/aromatic N) is 2. The van der Waals surface area contributed by atoms with Gasteiger partial charge in [0.2, 0.25) is 0 Å². The minimum Gasteiger partial charge on any atom is -0.403 e. The van der Waals surface area contributed by atoms with Crippen molar-refractivity contribution >= 4 is 22.7 Å². The van der Waals surface area contributed by atoms with Gasteiger partial charge in [-0.25, -0.2) is 4.98 Å². The highest BCUT2D eigenvalue weighted by molar-refractivity contribution is 7.13. The molecule has 0 unspecified atom stereocenters. The molecule has 1 aromatic carbocycles. The monoisotopic (exact) mass is 372 g/mol. The number of thiazole rings is 1. The Bertz CT molecular complexity index is 756. The minimum atomic E-state index is -4.87. The Morgan fingerprint density at radius 3 is 2.64 bits per heavy atom. The van der Waals surface area contributed by atoms with E-state index in [2.05, 4.69) is 14.7 Å². The Hall–Kier alpha value is -1.93. The number of aromatic nitrogens is 1. The maximum atomic E-state index is 12.9. The highest BCUT2D eigenvalue weighted by Gasteiger charge is 2.34. The summed E-state index contributed by atoms with van der Waals surface area (Å²) < 4.78 is 42.8. The summed E-state index contributed by atoms with van der Waals surface area (Å²) >= 11 is 1.36. The van der Waals surface area contributed by atoms with Gasteiger partial charge in [-0.05, 0) is 31.9 Å². The normalized spacial score (nSPS) is 12.5. The van der Waals surface area contributed by atoms with Crippen molar-refractivity contribution in [3.05, 3.63) is 28.8 Å². The van der Waals surface area contributed by atoms with E-state index >= 15 is 0 Å². The second-order valence-electron chi connectivity index (χ2n) is 5.53. The number of alkyl halides is 3. The summed E-state index contributed by atoms with van der Waals surface area (Å²) in [5, 5.41) is 12.0. The summed E-state index contributed by atoms with van der Waals surface area (Å²) in [7, 11) is 0. The quantitative estimate of drug-likeness (QED) is 0.691. The number of aliphatic hydroxyl groups is 1. The van der Waals surface area contributed by atoms with Crippen LogP contribution in [0.5, 0.6) is 5.75 Å². The Morgan fingerprint density at radius 2 is 2.12 bits per heavy atom. The zero-order valence-electron chi connectivity index (χ0n) is 14.1. The fourth-order valence-electron chi connectivity index (χ4n) is 2.47. The first-order valence-electron chi connectivity index (χ1n) is 7.74. The van der Waals surface area contributed by atoms with Crippen LogP contribution < -0.4 is 4.74 Å². The molecule has 0 atom stereocenters. The van der Waals surface area contributed by atoms with E-state index in [1.54, 1.807) is 25.4 Å². The number of aliphatic hydroxyl groups excluding tert-OH is 1. The molecule has 0 aliphatic carbocycles. The molecule has 0 fully saturated rings. The number of aliphatic imine (C=N–C) groups is 1. The molecule has 0 aliphatic rings. The maximum Gasteiger partial charge on any atom is 0.573 e. The van der Waals surface area contributed by atoms with Gasteiger partial charge >= 0.3 is 6.36 Å². The zero-order valence-corrected chi connectivity index (χ0v) is 15.0. The fraction of sp³-hybridized carbons (Fsp3) is 0.412. The molecule has 0 saturated heterocycles. The second kappa shape index (κ2) is 7.97. The lowest BCUT2D eigenvalue weighted by molar-refractivity contribution is -0.274. The van der Waals surface area contributed by atoms with E-state index < -0.39 is 18.7 Å². The minimum absolute atomic E-state index is 0.0242. The van der Waals surface area contributed by atoms with Crippen molar-refractivity contribution in [2.75, 3.05) is 0 Å². The number of ether oxygens (including phenoxy) is 1. The van der Waals surface area contributed by atoms with E-state index in [0.717, 1.165) is 6.42 Å². The van der Waals surface area contributed by atoms with Gasteiger partial charge in [-0.1, -0.05) is 13.3 Å². The van der Waals surface area contributed by atoms with Gasteiger partial charge in [-0.2, -0.15) is 0 Å². The first-order chi connectivity index (χ1) is 11.8. The Labute approximate surface area is 148 Å². The molecule has 0 spiro atoms. The predicted octanol–water partition coefficient (Wildman–Crippen LogP) is 5.40. The fourth-order valence-corrected chi connectivity index (χ4v) is 3.18. The molecule has 25 heavy (non-hydrogen) atoms. The highest BCUT2D eigenvalue weighted by atomic mass is 32.1. The smallest absolute Gasteiger partial charge is 0.403 e. The molecular weight excluding hydrogens is 353 g/mol. The van der Waals surface area contributed by atoms with Crippen molar-refractivity contribution in [1.82, 2.24) is 4.98 Å². The number of rotatable bonds is 6. The number of hydrogen-bond acceptors (Lipinski definition) is 5. The third kappa shape index (κ3) is 4.79. The molecular formula is C17H19F3N2O2S. The molecule has 2 rings (SSSR count). The van der Waals surface area contributed by atoms with Crippen LogP contribution in [-0.4, -0.2) is 22.2 Å². The molecule has 0 saturated carbocycles. The summed E-state index contributed by atoms with van der Waals surface area (Å²) in [4.78, 5) is 8.58. The van der Waals surface area contributed by atoms with Crippen molar-refractivity contribution in [2.24, 2.45) is 4.99 Å². The van der Waals surface area contributed by atoms with Gasteiger partial charge in [0.1, 0.15) is 10.7 Å². The SMILES string of the molecule is CCC/C(C)=N\c1c(C)c(-c2nccs2)cc(CO)c1OC(F)(F)F. The topological polar surface area (TPSA) is 54.7 Å². The van der Waals surface area contributed by atoms with Crippen LogP contribution in [0.25, 0.3) is 10.6 Å². The van der Waals surface area contributed by atoms with Gasteiger partial charge in [0.15, 0.2) is 5.75 Å². The average Bonchev–Trinajstić information content (AvgIpc) is 3.04. The van der Waals surface area contributed by atoms with Crippen molar-refractivity contribution < 1.29 is 23.0 Å². The number of halogens is 3. The van der Waals surface area contributed by atoms with Crippen LogP contribution in [0, 0.1) is 6.92 Å². The summed E-state index contributed by atoms with van der Waals surface area (Å²) in [6.45, 7) is 4.80. The molecule has 1 heterocycles. The average molecular weight is 372 g/mol. The van der Waals surface area contributed by atoms with E-state index in [9.17, 15) is 18.3 Å². The van der Waals surface area contributed by atoms with Gasteiger partial charge in [-0.15, -0.1) is 24.5 Å². The van der Waals surface area contributed by atoms with Crippen LogP contribution >= 0.6 is 11.3 Å². The Kier molecular flexibility index (Phi) is 6.18. The molecule has 8 heteroatoms. The van der Waals surface area contributed by atoms with Crippen LogP contribution in [0.1, 0.15) is 37.8 Å². The maximum absolute atomic E-state index is 12.9. The molecule has 2 aromatic rings. The van der Waals surface area contributed by atoms with Crippen LogP contribution in [-0.2, 0) is 6.61 Å². The lowest BCUT2D eigenvalue weighted by Crippen LogP contribution is -2.18. The van der Waals surface area contributed by atoms with Gasteiger partial charge in [0.25, 0.3) is 0 Å². The summed E-state index contributed by atoms with van der Waals surface area (Å²) in [5.41, 5.74) is 1.97. The van der Waals surface area contributed by atoms with Crippen LogP contribution in [0.3, 0.4) is 0 Å². The van der Waals surface area contributed by atoms with Crippen molar-refractivity contribution in [3.63, 3.8) is 0 Å². The van der Waals surface area contributed by atoms with E-state index in [1.165, 1.54) is 17.4 Å². The van der Waals surface area contributed by atoms with E-state index in [4.69, 9.17) is 0 Å². The third-order valence-corrected chi connectivity index (χ3v) is 4.36. The summed E-state index contributed by atoms with van der Waals surface area (Å²) in [6.07, 6.45) is -1.78. The van der Waals surface area contributed by atoms with Gasteiger partial charge in [0.05, 0.1) is 6.61 Å². The predicted molar refractivity (Wildman–Crippen MR) is 92.6 cm³/mol. The van der Waals surface area contributed by atoms with E-state index in [0.29, 0.717) is 28.3 Å². The molecule has 0 amide bonds. The van der Waals surface area contributed by atoms with Crippen LogP contribution in [0.15, 0.2) is 22.6 Å². The Morgan fingerprint density at radius 1 is 1.40 bits per heavy atom. The summed E-state index contributed by atoms with van der Waals surface area (Å²) in [5.74, 6) is -0.455. The first kappa shape index (κ1) is 19.4. The number of hydrogen-bond donors (Lipinski definition) is 1.